The minimum atomic E-state index is -5.20. The number of aryl methyl sites for hydroxylation is 1. The van der Waals surface area contributed by atoms with Crippen molar-refractivity contribution in [3.05, 3.63) is 53.2 Å². The van der Waals surface area contributed by atoms with Gasteiger partial charge in [0.25, 0.3) is 5.78 Å². The van der Waals surface area contributed by atoms with E-state index in [1.54, 1.807) is 0 Å². The number of ketones is 1. The van der Waals surface area contributed by atoms with Crippen LogP contribution in [0, 0.1) is 6.92 Å². The maximum absolute atomic E-state index is 13.3. The molecule has 0 N–H and O–H groups in total. The molecule has 0 atom stereocenters. The largest absolute Gasteiger partial charge is 0.454 e. The van der Waals surface area contributed by atoms with Crippen LogP contribution < -0.4 is 0 Å². The third kappa shape index (κ3) is 2.92. The van der Waals surface area contributed by atoms with Gasteiger partial charge in [-0.15, -0.1) is 0 Å². The molecule has 0 fully saturated rings. The van der Waals surface area contributed by atoms with Crippen molar-refractivity contribution in [2.24, 2.45) is 0 Å². The number of halogens is 6. The summed E-state index contributed by atoms with van der Waals surface area (Å²) in [6.07, 6.45) is -10.0. The van der Waals surface area contributed by atoms with Crippen molar-refractivity contribution >= 4 is 27.5 Å². The van der Waals surface area contributed by atoms with Gasteiger partial charge in [-0.05, 0) is 24.4 Å². The summed E-state index contributed by atoms with van der Waals surface area (Å²) in [5.41, 5.74) is -1.98. The Kier molecular flexibility index (Phi) is 3.74. The number of benzene rings is 2. The first-order chi connectivity index (χ1) is 11.5. The quantitative estimate of drug-likeness (QED) is 0.329. The van der Waals surface area contributed by atoms with E-state index in [1.165, 1.54) is 31.2 Å². The minimum absolute atomic E-state index is 0.0572. The van der Waals surface area contributed by atoms with Crippen LogP contribution in [-0.4, -0.2) is 16.9 Å². The van der Waals surface area contributed by atoms with Crippen LogP contribution in [-0.2, 0) is 6.18 Å². The Morgan fingerprint density at radius 1 is 0.920 bits per heavy atom. The van der Waals surface area contributed by atoms with Gasteiger partial charge in [0.1, 0.15) is 0 Å². The van der Waals surface area contributed by atoms with Crippen LogP contribution in [0.25, 0.3) is 21.7 Å². The average molecular weight is 357 g/mol. The summed E-state index contributed by atoms with van der Waals surface area (Å²) in [5, 5.41) is -0.574. The van der Waals surface area contributed by atoms with Gasteiger partial charge >= 0.3 is 12.4 Å². The molecule has 2 aromatic carbocycles. The summed E-state index contributed by atoms with van der Waals surface area (Å²) >= 11 is 0. The van der Waals surface area contributed by atoms with Gasteiger partial charge in [-0.2, -0.15) is 26.3 Å². The number of fused-ring (bicyclic) bond motifs is 3. The van der Waals surface area contributed by atoms with Crippen molar-refractivity contribution < 1.29 is 31.1 Å². The summed E-state index contributed by atoms with van der Waals surface area (Å²) in [7, 11) is 0. The lowest BCUT2D eigenvalue weighted by atomic mass is 9.95. The summed E-state index contributed by atoms with van der Waals surface area (Å²) < 4.78 is 78.6. The van der Waals surface area contributed by atoms with Crippen molar-refractivity contribution in [2.45, 2.75) is 19.3 Å². The molecule has 2 nitrogen and oxygen atoms in total. The van der Waals surface area contributed by atoms with E-state index < -0.39 is 34.6 Å². The molecule has 0 aliphatic heterocycles. The van der Waals surface area contributed by atoms with Crippen LogP contribution in [0.4, 0.5) is 26.3 Å². The van der Waals surface area contributed by atoms with Gasteiger partial charge in [-0.1, -0.05) is 24.3 Å². The van der Waals surface area contributed by atoms with Crippen molar-refractivity contribution in [2.75, 3.05) is 0 Å². The van der Waals surface area contributed by atoms with E-state index in [4.69, 9.17) is 0 Å². The van der Waals surface area contributed by atoms with E-state index >= 15 is 0 Å². The molecule has 0 aliphatic rings. The van der Waals surface area contributed by atoms with Crippen LogP contribution in [0.15, 0.2) is 36.4 Å². The zero-order chi connectivity index (χ0) is 18.6. The van der Waals surface area contributed by atoms with Crippen LogP contribution in [0.3, 0.4) is 0 Å². The van der Waals surface area contributed by atoms with Crippen molar-refractivity contribution in [1.82, 2.24) is 4.98 Å². The molecule has 1 heterocycles. The third-order valence-electron chi connectivity index (χ3n) is 3.76. The van der Waals surface area contributed by atoms with E-state index in [0.717, 1.165) is 6.07 Å². The molecule has 0 unspecified atom stereocenters. The van der Waals surface area contributed by atoms with Gasteiger partial charge in [0.2, 0.25) is 0 Å². The highest BCUT2D eigenvalue weighted by Crippen LogP contribution is 2.39. The molecule has 0 amide bonds. The van der Waals surface area contributed by atoms with Gasteiger partial charge in [0.15, 0.2) is 0 Å². The Hall–Kier alpha value is -2.64. The molecule has 3 aromatic rings. The number of hydrogen-bond acceptors (Lipinski definition) is 2. The fraction of sp³-hybridized carbons (Fsp3) is 0.176. The number of hydrogen-bond donors (Lipinski definition) is 0. The fourth-order valence-corrected chi connectivity index (χ4v) is 2.76. The second-order valence-electron chi connectivity index (χ2n) is 5.50. The van der Waals surface area contributed by atoms with Crippen LogP contribution in [0.5, 0.6) is 0 Å². The molecule has 8 heteroatoms. The van der Waals surface area contributed by atoms with Crippen LogP contribution in [0.1, 0.15) is 21.6 Å². The highest BCUT2D eigenvalue weighted by atomic mass is 19.4. The Labute approximate surface area is 137 Å². The van der Waals surface area contributed by atoms with E-state index in [0.29, 0.717) is 6.07 Å². The number of pyridine rings is 1. The van der Waals surface area contributed by atoms with E-state index in [2.05, 4.69) is 4.98 Å². The van der Waals surface area contributed by atoms with Crippen LogP contribution >= 0.6 is 0 Å². The Bertz CT molecular complexity index is 1000. The number of nitrogens with zero attached hydrogens (tertiary/aromatic N) is 1. The predicted molar refractivity (Wildman–Crippen MR) is 79.4 cm³/mol. The maximum atomic E-state index is 13.3. The molecular weight excluding hydrogens is 348 g/mol. The average Bonchev–Trinajstić information content (AvgIpc) is 2.51. The Morgan fingerprint density at radius 2 is 1.52 bits per heavy atom. The van der Waals surface area contributed by atoms with E-state index in [9.17, 15) is 31.1 Å². The molecule has 0 radical (unpaired) electrons. The molecule has 0 aliphatic carbocycles. The van der Waals surface area contributed by atoms with Gasteiger partial charge < -0.3 is 0 Å². The Balaban J connectivity index is 2.53. The zero-order valence-corrected chi connectivity index (χ0v) is 12.6. The van der Waals surface area contributed by atoms with Gasteiger partial charge in [-0.3, -0.25) is 9.78 Å². The molecule has 0 saturated carbocycles. The van der Waals surface area contributed by atoms with Crippen molar-refractivity contribution in [3.63, 3.8) is 0 Å². The first kappa shape index (κ1) is 17.2. The SMILES string of the molecule is Cc1cc(C(F)(F)F)c2cc(C(=O)C(F)(F)F)c3ccccc3c2n1. The number of alkyl halides is 6. The van der Waals surface area contributed by atoms with Gasteiger partial charge in [0, 0.05) is 22.0 Å². The smallest absolute Gasteiger partial charge is 0.284 e. The number of Topliss-reactive ketones (excluding diaryl/α,β-unsaturated/α-hetero) is 1. The van der Waals surface area contributed by atoms with Crippen molar-refractivity contribution in [1.29, 1.82) is 0 Å². The standard InChI is InChI=1S/C17H9F6NO/c1-8-6-13(16(18,19)20)12-7-11(15(25)17(21,22)23)9-4-2-3-5-10(9)14(12)24-8/h2-7H,1H3. The summed E-state index contributed by atoms with van der Waals surface area (Å²) in [5.74, 6) is -2.20. The van der Waals surface area contributed by atoms with Gasteiger partial charge in [0.05, 0.1) is 11.1 Å². The topological polar surface area (TPSA) is 30.0 Å². The fourth-order valence-electron chi connectivity index (χ4n) is 2.76. The molecule has 3 rings (SSSR count). The summed E-state index contributed by atoms with van der Waals surface area (Å²) in [6, 6.07) is 6.84. The Morgan fingerprint density at radius 3 is 2.08 bits per heavy atom. The van der Waals surface area contributed by atoms with Crippen molar-refractivity contribution in [3.8, 4) is 0 Å². The second kappa shape index (κ2) is 5.44. The molecule has 130 valence electrons. The lowest BCUT2D eigenvalue weighted by Crippen LogP contribution is -2.23. The predicted octanol–water partition coefficient (Wildman–Crippen LogP) is 5.46. The molecule has 0 bridgehead atoms. The number of carbonyl (C=O) groups excluding carboxylic acids is 1. The molecule has 0 saturated heterocycles. The van der Waals surface area contributed by atoms with Crippen LogP contribution in [0.2, 0.25) is 0 Å². The lowest BCUT2D eigenvalue weighted by molar-refractivity contribution is -0.136. The highest BCUT2D eigenvalue weighted by molar-refractivity contribution is 6.18. The first-order valence-electron chi connectivity index (χ1n) is 7.02. The van der Waals surface area contributed by atoms with E-state index in [-0.39, 0.29) is 22.0 Å². The summed E-state index contributed by atoms with van der Waals surface area (Å²) in [6.45, 7) is 1.36. The van der Waals surface area contributed by atoms with Gasteiger partial charge in [-0.25, -0.2) is 0 Å². The third-order valence-corrected chi connectivity index (χ3v) is 3.76. The number of aromatic nitrogens is 1. The summed E-state index contributed by atoms with van der Waals surface area (Å²) in [4.78, 5) is 15.8. The lowest BCUT2D eigenvalue weighted by Gasteiger charge is -2.15. The molecule has 0 spiro atoms. The second-order valence-corrected chi connectivity index (χ2v) is 5.50. The maximum Gasteiger partial charge on any atom is 0.454 e. The zero-order valence-electron chi connectivity index (χ0n) is 12.6. The molecule has 25 heavy (non-hydrogen) atoms. The number of carbonyl (C=O) groups is 1. The van der Waals surface area contributed by atoms with E-state index in [1.807, 2.05) is 0 Å². The minimum Gasteiger partial charge on any atom is -0.284 e. The first-order valence-corrected chi connectivity index (χ1v) is 7.02. The number of rotatable bonds is 1. The monoisotopic (exact) mass is 357 g/mol. The highest BCUT2D eigenvalue weighted by Gasteiger charge is 2.41. The molecular formula is C17H9F6NO. The normalized spacial score (nSPS) is 12.8. The molecule has 1 aromatic heterocycles.